The van der Waals surface area contributed by atoms with Crippen molar-refractivity contribution >= 4 is 39.1 Å². The van der Waals surface area contributed by atoms with Crippen LogP contribution in [0.25, 0.3) is 27.0 Å². The summed E-state index contributed by atoms with van der Waals surface area (Å²) >= 11 is 0.909. The van der Waals surface area contributed by atoms with Crippen molar-refractivity contribution in [3.05, 3.63) is 94.8 Å². The van der Waals surface area contributed by atoms with E-state index in [9.17, 15) is 18.4 Å². The number of anilines is 1. The minimum atomic E-state index is -2.82. The Bertz CT molecular complexity index is 1920. The number of amides is 2. The van der Waals surface area contributed by atoms with Crippen LogP contribution in [0.1, 0.15) is 76.4 Å². The molecule has 4 fully saturated rings. The Labute approximate surface area is 262 Å². The second-order valence-electron chi connectivity index (χ2n) is 12.9. The van der Waals surface area contributed by atoms with Crippen molar-refractivity contribution in [1.82, 2.24) is 14.8 Å². The maximum atomic E-state index is 14.5. The van der Waals surface area contributed by atoms with E-state index in [0.29, 0.717) is 39.8 Å². The number of hydrogen-bond donors (Lipinski definition) is 2. The van der Waals surface area contributed by atoms with Gasteiger partial charge in [0.2, 0.25) is 0 Å². The van der Waals surface area contributed by atoms with Gasteiger partial charge in [0.15, 0.2) is 0 Å². The van der Waals surface area contributed by atoms with E-state index in [2.05, 4.69) is 10.3 Å². The smallest absolute Gasteiger partial charge is 0.280 e. The number of hydrogen-bond acceptors (Lipinski definition) is 5. The van der Waals surface area contributed by atoms with Crippen molar-refractivity contribution in [2.75, 3.05) is 5.32 Å². The van der Waals surface area contributed by atoms with Crippen LogP contribution in [0, 0.1) is 17.8 Å². The van der Waals surface area contributed by atoms with Crippen LogP contribution in [-0.4, -0.2) is 26.6 Å². The molecule has 0 radical (unpaired) electrons. The molecule has 3 N–H and O–H groups in total. The van der Waals surface area contributed by atoms with Crippen LogP contribution in [0.4, 0.5) is 14.5 Å². The largest absolute Gasteiger partial charge is 0.365 e. The molecule has 10 heteroatoms. The summed E-state index contributed by atoms with van der Waals surface area (Å²) in [7, 11) is 0. The van der Waals surface area contributed by atoms with Gasteiger partial charge in [-0.15, -0.1) is 11.3 Å². The molecule has 7 nitrogen and oxygen atoms in total. The van der Waals surface area contributed by atoms with Gasteiger partial charge >= 0.3 is 0 Å². The maximum Gasteiger partial charge on any atom is 0.280 e. The summed E-state index contributed by atoms with van der Waals surface area (Å²) in [5, 5.41) is 8.53. The molecule has 4 bridgehead atoms. The lowest BCUT2D eigenvalue weighted by molar-refractivity contribution is -0.00765. The van der Waals surface area contributed by atoms with Crippen LogP contribution >= 0.6 is 11.3 Å². The van der Waals surface area contributed by atoms with Crippen LogP contribution in [0.2, 0.25) is 0 Å². The second kappa shape index (κ2) is 10.6. The van der Waals surface area contributed by atoms with E-state index >= 15 is 0 Å². The summed E-state index contributed by atoms with van der Waals surface area (Å²) in [5.41, 5.74) is 8.59. The first-order valence-electron chi connectivity index (χ1n) is 15.4. The molecule has 0 aliphatic heterocycles. The van der Waals surface area contributed by atoms with E-state index in [-0.39, 0.29) is 20.8 Å². The van der Waals surface area contributed by atoms with Crippen LogP contribution in [0.15, 0.2) is 72.9 Å². The zero-order valence-corrected chi connectivity index (χ0v) is 25.2. The number of nitrogens with one attached hydrogen (secondary N) is 1. The van der Waals surface area contributed by atoms with Crippen LogP contribution in [0.5, 0.6) is 0 Å². The molecule has 4 aliphatic rings. The summed E-state index contributed by atoms with van der Waals surface area (Å²) in [6.07, 6.45) is 5.74. The molecule has 4 aliphatic carbocycles. The lowest BCUT2D eigenvalue weighted by Crippen LogP contribution is -2.49. The highest BCUT2D eigenvalue weighted by atomic mass is 32.1. The van der Waals surface area contributed by atoms with E-state index in [1.165, 1.54) is 25.3 Å². The maximum absolute atomic E-state index is 14.5. The Balaban J connectivity index is 1.28. The SMILES string of the molecule is NC(=O)c1sc2nc(C(F)F)cc(-c3ccccc3)c2c1NC(=O)c1cn(-c2ccccc2)nc1C12CC3CC(CC(C3)C1)C2. The molecule has 5 aromatic rings. The van der Waals surface area contributed by atoms with Crippen molar-refractivity contribution < 1.29 is 18.4 Å². The molecule has 9 rings (SSSR count). The van der Waals surface area contributed by atoms with Gasteiger partial charge in [-0.2, -0.15) is 5.10 Å². The summed E-state index contributed by atoms with van der Waals surface area (Å²) in [6.45, 7) is 0. The molecule has 228 valence electrons. The molecule has 2 aromatic carbocycles. The number of nitrogens with two attached hydrogens (primary N) is 1. The minimum absolute atomic E-state index is 0.0567. The zero-order chi connectivity index (χ0) is 30.9. The Hall–Kier alpha value is -4.44. The first-order valence-corrected chi connectivity index (χ1v) is 16.2. The van der Waals surface area contributed by atoms with Gasteiger partial charge in [0.05, 0.1) is 22.6 Å². The van der Waals surface area contributed by atoms with Gasteiger partial charge in [-0.25, -0.2) is 18.4 Å². The standard InChI is InChI=1S/C35H31F2N5O2S/c36-31(37)26-14-24(22-7-3-1-4-8-22)27-28(29(32(38)43)45-34(27)39-26)40-33(44)25-18-42(23-9-5-2-6-10-23)41-30(25)35-15-19-11-20(16-35)13-21(12-19)17-35/h1-10,14,18-21,31H,11-13,15-17H2,(H2,38,43)(H,40,44). The topological polar surface area (TPSA) is 103 Å². The van der Waals surface area contributed by atoms with E-state index in [4.69, 9.17) is 10.8 Å². The number of pyridine rings is 1. The third-order valence-electron chi connectivity index (χ3n) is 9.97. The first kappa shape index (κ1) is 28.1. The summed E-state index contributed by atoms with van der Waals surface area (Å²) in [6, 6.07) is 20.1. The number of nitrogens with zero attached hydrogens (tertiary/aromatic N) is 3. The molecule has 0 atom stereocenters. The Morgan fingerprint density at radius 3 is 2.18 bits per heavy atom. The first-order chi connectivity index (χ1) is 21.8. The Morgan fingerprint density at radius 1 is 0.956 bits per heavy atom. The number of primary amides is 1. The van der Waals surface area contributed by atoms with Gasteiger partial charge in [0.25, 0.3) is 18.2 Å². The average Bonchev–Trinajstić information content (AvgIpc) is 3.64. The number of carbonyl (C=O) groups is 2. The predicted molar refractivity (Wildman–Crippen MR) is 170 cm³/mol. The number of rotatable bonds is 7. The molecular weight excluding hydrogens is 592 g/mol. The van der Waals surface area contributed by atoms with Crippen molar-refractivity contribution in [3.63, 3.8) is 0 Å². The number of para-hydroxylation sites is 1. The fourth-order valence-electron chi connectivity index (χ4n) is 8.59. The quantitative estimate of drug-likeness (QED) is 0.192. The third kappa shape index (κ3) is 4.74. The minimum Gasteiger partial charge on any atom is -0.365 e. The van der Waals surface area contributed by atoms with Gasteiger partial charge in [0.1, 0.15) is 15.4 Å². The van der Waals surface area contributed by atoms with Crippen LogP contribution in [0.3, 0.4) is 0 Å². The highest BCUT2D eigenvalue weighted by molar-refractivity contribution is 7.21. The van der Waals surface area contributed by atoms with Gasteiger partial charge < -0.3 is 11.1 Å². The third-order valence-corrected chi connectivity index (χ3v) is 11.1. The van der Waals surface area contributed by atoms with Crippen molar-refractivity contribution in [1.29, 1.82) is 0 Å². The van der Waals surface area contributed by atoms with E-state index in [0.717, 1.165) is 42.0 Å². The fraction of sp³-hybridized carbons (Fsp3) is 0.314. The summed E-state index contributed by atoms with van der Waals surface area (Å²) in [5.74, 6) is 0.730. The number of benzene rings is 2. The summed E-state index contributed by atoms with van der Waals surface area (Å²) < 4.78 is 29.7. The number of alkyl halides is 2. The average molecular weight is 624 g/mol. The zero-order valence-electron chi connectivity index (χ0n) is 24.4. The predicted octanol–water partition coefficient (Wildman–Crippen LogP) is 7.91. The number of carbonyl (C=O) groups excluding carboxylic acids is 2. The lowest BCUT2D eigenvalue weighted by atomic mass is 9.48. The number of halogens is 2. The molecule has 45 heavy (non-hydrogen) atoms. The van der Waals surface area contributed by atoms with Crippen LogP contribution in [-0.2, 0) is 5.41 Å². The highest BCUT2D eigenvalue weighted by Gasteiger charge is 2.54. The van der Waals surface area contributed by atoms with Crippen LogP contribution < -0.4 is 11.1 Å². The van der Waals surface area contributed by atoms with E-state index in [1.807, 2.05) is 36.4 Å². The lowest BCUT2D eigenvalue weighted by Gasteiger charge is -2.56. The van der Waals surface area contributed by atoms with Gasteiger partial charge in [-0.05, 0) is 85.6 Å². The van der Waals surface area contributed by atoms with E-state index < -0.39 is 23.9 Å². The molecule has 0 unspecified atom stereocenters. The monoisotopic (exact) mass is 623 g/mol. The highest BCUT2D eigenvalue weighted by Crippen LogP contribution is 2.61. The molecule has 0 saturated heterocycles. The molecule has 4 saturated carbocycles. The van der Waals surface area contributed by atoms with E-state index in [1.54, 1.807) is 35.1 Å². The molecule has 3 aromatic heterocycles. The molecule has 0 spiro atoms. The number of thiophene rings is 1. The summed E-state index contributed by atoms with van der Waals surface area (Å²) in [4.78, 5) is 31.7. The number of fused-ring (bicyclic) bond motifs is 1. The van der Waals surface area contributed by atoms with Crippen molar-refractivity contribution in [2.24, 2.45) is 23.5 Å². The Morgan fingerprint density at radius 2 is 1.58 bits per heavy atom. The van der Waals surface area contributed by atoms with Gasteiger partial charge in [0, 0.05) is 17.0 Å². The van der Waals surface area contributed by atoms with Gasteiger partial charge in [-0.1, -0.05) is 48.5 Å². The second-order valence-corrected chi connectivity index (χ2v) is 13.9. The van der Waals surface area contributed by atoms with Gasteiger partial charge in [-0.3, -0.25) is 9.59 Å². The fourth-order valence-corrected chi connectivity index (χ4v) is 9.61. The van der Waals surface area contributed by atoms with Crippen molar-refractivity contribution in [2.45, 2.75) is 50.4 Å². The molecule has 2 amide bonds. The number of aromatic nitrogens is 3. The normalized spacial score (nSPS) is 23.6. The molecule has 3 heterocycles. The molecular formula is C35H31F2N5O2S. The van der Waals surface area contributed by atoms with Crippen molar-refractivity contribution in [3.8, 4) is 16.8 Å². The Kier molecular flexibility index (Phi) is 6.60.